The number of alkyl halides is 3. The van der Waals surface area contributed by atoms with Crippen molar-refractivity contribution in [2.45, 2.75) is 44.4 Å². The Morgan fingerprint density at radius 3 is 2.56 bits per heavy atom. The van der Waals surface area contributed by atoms with Crippen LogP contribution in [0.2, 0.25) is 0 Å². The number of ether oxygens (including phenoxy) is 1. The lowest BCUT2D eigenvalue weighted by Gasteiger charge is -2.39. The van der Waals surface area contributed by atoms with Crippen molar-refractivity contribution in [3.63, 3.8) is 0 Å². The summed E-state index contributed by atoms with van der Waals surface area (Å²) in [6.07, 6.45) is -0.436. The van der Waals surface area contributed by atoms with Gasteiger partial charge in [-0.3, -0.25) is 29.2 Å². The highest BCUT2D eigenvalue weighted by Gasteiger charge is 2.36. The highest BCUT2D eigenvalue weighted by Crippen LogP contribution is 2.35. The van der Waals surface area contributed by atoms with E-state index in [4.69, 9.17) is 10.00 Å². The maximum Gasteiger partial charge on any atom is 0.419 e. The minimum atomic E-state index is -4.82. The normalized spacial score (nSPS) is 16.5. The van der Waals surface area contributed by atoms with Crippen LogP contribution in [0.25, 0.3) is 0 Å². The number of methoxy groups -OCH3 is 1. The van der Waals surface area contributed by atoms with Crippen LogP contribution < -0.4 is 25.6 Å². The molecular formula is C32H29F3N8O5. The molecule has 4 heterocycles. The summed E-state index contributed by atoms with van der Waals surface area (Å²) in [5.41, 5.74) is -2.01. The monoisotopic (exact) mass is 662 g/mol. The van der Waals surface area contributed by atoms with Gasteiger partial charge in [-0.1, -0.05) is 11.8 Å². The first-order chi connectivity index (χ1) is 22.7. The van der Waals surface area contributed by atoms with Crippen molar-refractivity contribution < 1.29 is 37.1 Å². The number of rotatable bonds is 7. The van der Waals surface area contributed by atoms with Crippen molar-refractivity contribution in [2.75, 3.05) is 30.4 Å². The first-order valence-corrected chi connectivity index (χ1v) is 14.6. The number of imide groups is 1. The van der Waals surface area contributed by atoms with Crippen molar-refractivity contribution in [1.29, 1.82) is 5.26 Å². The van der Waals surface area contributed by atoms with E-state index in [0.29, 0.717) is 36.0 Å². The third-order valence-corrected chi connectivity index (χ3v) is 7.90. The Morgan fingerprint density at radius 2 is 1.90 bits per heavy atom. The summed E-state index contributed by atoms with van der Waals surface area (Å²) in [6, 6.07) is 6.20. The summed E-state index contributed by atoms with van der Waals surface area (Å²) < 4.78 is 46.8. The molecule has 0 aliphatic carbocycles. The van der Waals surface area contributed by atoms with Gasteiger partial charge in [0.1, 0.15) is 23.4 Å². The quantitative estimate of drug-likeness (QED) is 0.254. The van der Waals surface area contributed by atoms with E-state index >= 15 is 0 Å². The van der Waals surface area contributed by atoms with E-state index in [-0.39, 0.29) is 30.4 Å². The Kier molecular flexibility index (Phi) is 9.11. The van der Waals surface area contributed by atoms with Gasteiger partial charge in [0.15, 0.2) is 5.69 Å². The minimum Gasteiger partial charge on any atom is -0.495 e. The molecule has 2 fully saturated rings. The lowest BCUT2D eigenvalue weighted by Crippen LogP contribution is -2.52. The van der Waals surface area contributed by atoms with Crippen LogP contribution in [0.15, 0.2) is 42.9 Å². The zero-order chi connectivity index (χ0) is 34.8. The molecule has 48 heavy (non-hydrogen) atoms. The number of hydrogen-bond acceptors (Lipinski definition) is 9. The Labute approximate surface area is 272 Å². The zero-order valence-electron chi connectivity index (χ0n) is 25.9. The fraction of sp³-hybridized carbons (Fsp3) is 0.344. The smallest absolute Gasteiger partial charge is 0.419 e. The number of pyridine rings is 1. The molecule has 2 saturated heterocycles. The van der Waals surface area contributed by atoms with E-state index in [9.17, 15) is 32.3 Å². The van der Waals surface area contributed by atoms with Crippen LogP contribution in [0.4, 0.5) is 24.5 Å². The molecular weight excluding hydrogens is 633 g/mol. The number of anilines is 2. The number of nitriles is 1. The fourth-order valence-electron chi connectivity index (χ4n) is 5.02. The second-order valence-corrected chi connectivity index (χ2v) is 11.7. The van der Waals surface area contributed by atoms with Crippen LogP contribution in [0.1, 0.15) is 53.9 Å². The Morgan fingerprint density at radius 1 is 1.15 bits per heavy atom. The predicted molar refractivity (Wildman–Crippen MR) is 163 cm³/mol. The number of amides is 4. The third-order valence-electron chi connectivity index (χ3n) is 7.90. The van der Waals surface area contributed by atoms with Crippen molar-refractivity contribution in [3.8, 4) is 23.7 Å². The maximum atomic E-state index is 13.3. The number of hydrogen-bond donors (Lipinski definition) is 3. The highest BCUT2D eigenvalue weighted by atomic mass is 19.4. The highest BCUT2D eigenvalue weighted by molar-refractivity contribution is 6.04. The molecule has 2 aliphatic rings. The Hall–Kier alpha value is -5.90. The minimum absolute atomic E-state index is 0.00317. The van der Waals surface area contributed by atoms with Crippen LogP contribution in [0.3, 0.4) is 0 Å². The lowest BCUT2D eigenvalue weighted by molar-refractivity contribution is -0.138. The average Bonchev–Trinajstić information content (AvgIpc) is 3.51. The van der Waals surface area contributed by atoms with Gasteiger partial charge >= 0.3 is 6.18 Å². The zero-order valence-corrected chi connectivity index (χ0v) is 25.9. The van der Waals surface area contributed by atoms with Gasteiger partial charge in [-0.05, 0) is 44.5 Å². The molecule has 1 aromatic carbocycles. The molecule has 0 radical (unpaired) electrons. The van der Waals surface area contributed by atoms with Crippen molar-refractivity contribution >= 4 is 35.0 Å². The van der Waals surface area contributed by atoms with E-state index in [1.54, 1.807) is 24.4 Å². The molecule has 1 unspecified atom stereocenters. The van der Waals surface area contributed by atoms with Crippen LogP contribution in [0.5, 0.6) is 5.75 Å². The van der Waals surface area contributed by atoms with E-state index in [0.717, 1.165) is 11.9 Å². The van der Waals surface area contributed by atoms with E-state index in [1.807, 2.05) is 4.90 Å². The van der Waals surface area contributed by atoms with Crippen molar-refractivity contribution in [3.05, 3.63) is 65.2 Å². The van der Waals surface area contributed by atoms with Crippen LogP contribution >= 0.6 is 0 Å². The number of nitrogens with zero attached hydrogens (tertiary/aromatic N) is 5. The molecule has 0 bridgehead atoms. The number of carbonyl (C=O) groups is 4. The number of halogens is 3. The number of nitrogens with one attached hydrogen (secondary N) is 3. The summed E-state index contributed by atoms with van der Waals surface area (Å²) >= 11 is 0. The van der Waals surface area contributed by atoms with Crippen molar-refractivity contribution in [1.82, 2.24) is 25.4 Å². The topological polar surface area (TPSA) is 171 Å². The molecule has 248 valence electrons. The molecule has 0 spiro atoms. The van der Waals surface area contributed by atoms with E-state index in [2.05, 4.69) is 37.9 Å². The number of aromatic nitrogens is 3. The summed E-state index contributed by atoms with van der Waals surface area (Å²) in [5, 5.41) is 20.4. The largest absolute Gasteiger partial charge is 0.495 e. The Bertz CT molecular complexity index is 1900. The lowest BCUT2D eigenvalue weighted by atomic mass is 9.98. The molecule has 13 nitrogen and oxygen atoms in total. The van der Waals surface area contributed by atoms with Crippen LogP contribution in [-0.4, -0.2) is 64.6 Å². The van der Waals surface area contributed by atoms with Crippen LogP contribution in [0, 0.1) is 29.1 Å². The SMILES string of the molecule is COc1cc(C(=O)NC2CCC(=O)NC2=O)ccc1N1CC(C#Cc2cnn(C(C)(C)C(=O)Nc3cnc(C#N)c(C(F)(F)F)c3)c2)C1. The molecule has 3 N–H and O–H groups in total. The van der Waals surface area contributed by atoms with Gasteiger partial charge in [0.05, 0.1) is 47.9 Å². The molecule has 3 aromatic rings. The van der Waals surface area contributed by atoms with E-state index < -0.39 is 46.7 Å². The van der Waals surface area contributed by atoms with Gasteiger partial charge in [0.25, 0.3) is 11.8 Å². The molecule has 1 atom stereocenters. The number of benzene rings is 1. The third kappa shape index (κ3) is 7.07. The molecule has 5 rings (SSSR count). The fourth-order valence-corrected chi connectivity index (χ4v) is 5.02. The van der Waals surface area contributed by atoms with Gasteiger partial charge in [-0.25, -0.2) is 4.98 Å². The first kappa shape index (κ1) is 33.5. The maximum absolute atomic E-state index is 13.3. The first-order valence-electron chi connectivity index (χ1n) is 14.6. The van der Waals surface area contributed by atoms with Crippen molar-refractivity contribution in [2.24, 2.45) is 5.92 Å². The molecule has 0 saturated carbocycles. The van der Waals surface area contributed by atoms with Crippen LogP contribution in [-0.2, 0) is 26.1 Å². The molecule has 16 heteroatoms. The molecule has 2 aromatic heterocycles. The summed E-state index contributed by atoms with van der Waals surface area (Å²) in [5.74, 6) is 4.63. The van der Waals surface area contributed by atoms with Gasteiger partial charge in [0.2, 0.25) is 11.8 Å². The van der Waals surface area contributed by atoms with Gasteiger partial charge < -0.3 is 20.3 Å². The molecule has 4 amide bonds. The number of piperidine rings is 1. The summed E-state index contributed by atoms with van der Waals surface area (Å²) in [4.78, 5) is 54.7. The average molecular weight is 663 g/mol. The van der Waals surface area contributed by atoms with Gasteiger partial charge in [0, 0.05) is 31.3 Å². The van der Waals surface area contributed by atoms with E-state index in [1.165, 1.54) is 37.9 Å². The second kappa shape index (κ2) is 13.1. The Balaban J connectivity index is 1.18. The second-order valence-electron chi connectivity index (χ2n) is 11.7. The molecule has 2 aliphatic heterocycles. The number of carbonyl (C=O) groups excluding carboxylic acids is 4. The standard InChI is InChI=1S/C32H29F3N8O5/c1-31(2,30(47)39-21-11-22(32(33,34)35)24(12-36)37-14-21)43-17-18(13-38-43)4-5-19-15-42(16-19)25-8-6-20(10-26(25)48-3)28(45)40-23-7-9-27(44)41-29(23)46/h6,8,10-11,13-14,17,19,23H,7,9,15-16H2,1-3H3,(H,39,47)(H,40,45)(H,41,44,46). The van der Waals surface area contributed by atoms with Gasteiger partial charge in [-0.15, -0.1) is 0 Å². The van der Waals surface area contributed by atoms with Gasteiger partial charge in [-0.2, -0.15) is 23.5 Å². The summed E-state index contributed by atoms with van der Waals surface area (Å²) in [7, 11) is 1.48. The predicted octanol–water partition coefficient (Wildman–Crippen LogP) is 2.57. The summed E-state index contributed by atoms with van der Waals surface area (Å²) in [6.45, 7) is 4.22.